The Hall–Kier alpha value is -2.04. The lowest BCUT2D eigenvalue weighted by atomic mass is 10.1. The molecule has 1 amide bonds. The van der Waals surface area contributed by atoms with Gasteiger partial charge in [-0.15, -0.1) is 0 Å². The smallest absolute Gasteiger partial charge is 0.307 e. The van der Waals surface area contributed by atoms with Gasteiger partial charge in [-0.1, -0.05) is 26.0 Å². The van der Waals surface area contributed by atoms with E-state index in [-0.39, 0.29) is 5.91 Å². The van der Waals surface area contributed by atoms with Crippen LogP contribution in [0.2, 0.25) is 0 Å². The highest BCUT2D eigenvalue weighted by Gasteiger charge is 2.65. The van der Waals surface area contributed by atoms with Crippen molar-refractivity contribution in [3.05, 3.63) is 29.8 Å². The number of nitrogens with zero attached hydrogens (tertiary/aromatic N) is 1. The minimum atomic E-state index is -0.893. The summed E-state index contributed by atoms with van der Waals surface area (Å²) in [5, 5.41) is 11.9. The molecular formula is C16H22N2O3. The van der Waals surface area contributed by atoms with E-state index in [4.69, 9.17) is 5.11 Å². The van der Waals surface area contributed by atoms with E-state index in [0.29, 0.717) is 6.54 Å². The number of carbonyl (C=O) groups excluding carboxylic acids is 1. The van der Waals surface area contributed by atoms with Crippen molar-refractivity contribution in [3.8, 4) is 0 Å². The number of hydrogen-bond acceptors (Lipinski definition) is 3. The first-order valence-corrected chi connectivity index (χ1v) is 7.02. The van der Waals surface area contributed by atoms with Gasteiger partial charge in [-0.3, -0.25) is 9.59 Å². The zero-order valence-corrected chi connectivity index (χ0v) is 12.9. The summed E-state index contributed by atoms with van der Waals surface area (Å²) in [5.74, 6) is -2.08. The number of anilines is 1. The van der Waals surface area contributed by atoms with Gasteiger partial charge in [0.05, 0.1) is 11.8 Å². The molecule has 2 N–H and O–H groups in total. The average Bonchev–Trinajstić information content (AvgIpc) is 2.99. The molecule has 1 saturated carbocycles. The molecule has 0 saturated heterocycles. The minimum absolute atomic E-state index is 0.177. The van der Waals surface area contributed by atoms with E-state index in [1.54, 1.807) is 0 Å². The molecular weight excluding hydrogens is 268 g/mol. The quantitative estimate of drug-likeness (QED) is 0.866. The van der Waals surface area contributed by atoms with E-state index in [1.165, 1.54) is 0 Å². The summed E-state index contributed by atoms with van der Waals surface area (Å²) in [7, 11) is 3.94. The molecule has 0 radical (unpaired) electrons. The third-order valence-electron chi connectivity index (χ3n) is 4.30. The first-order chi connectivity index (χ1) is 9.75. The molecule has 5 nitrogen and oxygen atoms in total. The van der Waals surface area contributed by atoms with Crippen molar-refractivity contribution in [3.63, 3.8) is 0 Å². The summed E-state index contributed by atoms with van der Waals surface area (Å²) < 4.78 is 0. The molecule has 0 spiro atoms. The first kappa shape index (κ1) is 15.4. The van der Waals surface area contributed by atoms with Gasteiger partial charge < -0.3 is 15.3 Å². The number of rotatable bonds is 5. The second kappa shape index (κ2) is 5.39. The van der Waals surface area contributed by atoms with Crippen LogP contribution < -0.4 is 10.2 Å². The minimum Gasteiger partial charge on any atom is -0.481 e. The Morgan fingerprint density at radius 1 is 1.19 bits per heavy atom. The summed E-state index contributed by atoms with van der Waals surface area (Å²) in [6.07, 6.45) is 0. The Labute approximate surface area is 125 Å². The predicted octanol–water partition coefficient (Wildman–Crippen LogP) is 1.73. The van der Waals surface area contributed by atoms with Crippen LogP contribution in [0, 0.1) is 17.3 Å². The molecule has 1 aliphatic carbocycles. The molecule has 21 heavy (non-hydrogen) atoms. The van der Waals surface area contributed by atoms with E-state index in [9.17, 15) is 9.59 Å². The van der Waals surface area contributed by atoms with E-state index in [0.717, 1.165) is 11.3 Å². The molecule has 5 heteroatoms. The summed E-state index contributed by atoms with van der Waals surface area (Å²) in [6.45, 7) is 4.06. The molecule has 0 bridgehead atoms. The van der Waals surface area contributed by atoms with E-state index < -0.39 is 23.2 Å². The Bertz CT molecular complexity index is 549. The number of nitrogens with one attached hydrogen (secondary N) is 1. The summed E-state index contributed by atoms with van der Waals surface area (Å²) in [6, 6.07) is 7.90. The molecule has 0 aliphatic heterocycles. The van der Waals surface area contributed by atoms with Crippen LogP contribution in [0.5, 0.6) is 0 Å². The van der Waals surface area contributed by atoms with Crippen molar-refractivity contribution in [1.29, 1.82) is 0 Å². The highest BCUT2D eigenvalue weighted by atomic mass is 16.4. The van der Waals surface area contributed by atoms with Gasteiger partial charge in [0.15, 0.2) is 0 Å². The molecule has 1 aliphatic rings. The molecule has 1 fully saturated rings. The number of aliphatic carboxylic acids is 1. The molecule has 2 atom stereocenters. The van der Waals surface area contributed by atoms with Crippen molar-refractivity contribution in [2.45, 2.75) is 20.4 Å². The number of carbonyl (C=O) groups is 2. The third kappa shape index (κ3) is 3.01. The largest absolute Gasteiger partial charge is 0.481 e. The monoisotopic (exact) mass is 290 g/mol. The number of carboxylic acids is 1. The first-order valence-electron chi connectivity index (χ1n) is 7.02. The van der Waals surface area contributed by atoms with Crippen molar-refractivity contribution < 1.29 is 14.7 Å². The van der Waals surface area contributed by atoms with Crippen molar-refractivity contribution in [2.24, 2.45) is 17.3 Å². The molecule has 114 valence electrons. The van der Waals surface area contributed by atoms with Crippen molar-refractivity contribution in [2.75, 3.05) is 19.0 Å². The lowest BCUT2D eigenvalue weighted by Gasteiger charge is -2.13. The van der Waals surface area contributed by atoms with Gasteiger partial charge in [-0.05, 0) is 23.1 Å². The molecule has 0 aromatic heterocycles. The SMILES string of the molecule is CN(C)c1ccc(CNC(=O)[C@H]2[C@@H](C(=O)O)C2(C)C)cc1. The fourth-order valence-electron chi connectivity index (χ4n) is 2.80. The van der Waals surface area contributed by atoms with Crippen LogP contribution >= 0.6 is 0 Å². The second-order valence-corrected chi connectivity index (χ2v) is 6.39. The Morgan fingerprint density at radius 2 is 1.76 bits per heavy atom. The lowest BCUT2D eigenvalue weighted by Crippen LogP contribution is -2.26. The van der Waals surface area contributed by atoms with E-state index in [1.807, 2.05) is 57.1 Å². The van der Waals surface area contributed by atoms with Gasteiger partial charge in [0.25, 0.3) is 0 Å². The van der Waals surface area contributed by atoms with Crippen LogP contribution in [0.15, 0.2) is 24.3 Å². The highest BCUT2D eigenvalue weighted by Crippen LogP contribution is 2.58. The number of carboxylic acid groups (broad SMARTS) is 1. The summed E-state index contributed by atoms with van der Waals surface area (Å²) in [4.78, 5) is 25.2. The van der Waals surface area contributed by atoms with Gasteiger partial charge in [-0.2, -0.15) is 0 Å². The Morgan fingerprint density at radius 3 is 2.19 bits per heavy atom. The second-order valence-electron chi connectivity index (χ2n) is 6.39. The zero-order chi connectivity index (χ0) is 15.8. The van der Waals surface area contributed by atoms with Crippen LogP contribution in [0.1, 0.15) is 19.4 Å². The van der Waals surface area contributed by atoms with Crippen LogP contribution in [0.25, 0.3) is 0 Å². The van der Waals surface area contributed by atoms with Crippen LogP contribution in [-0.2, 0) is 16.1 Å². The van der Waals surface area contributed by atoms with Gasteiger partial charge in [0.1, 0.15) is 0 Å². The maximum Gasteiger partial charge on any atom is 0.307 e. The lowest BCUT2D eigenvalue weighted by molar-refractivity contribution is -0.140. The van der Waals surface area contributed by atoms with Gasteiger partial charge in [0.2, 0.25) is 5.91 Å². The average molecular weight is 290 g/mol. The van der Waals surface area contributed by atoms with E-state index in [2.05, 4.69) is 5.32 Å². The molecule has 1 aromatic rings. The summed E-state index contributed by atoms with van der Waals surface area (Å²) in [5.41, 5.74) is 1.64. The van der Waals surface area contributed by atoms with Crippen LogP contribution in [0.3, 0.4) is 0 Å². The molecule has 0 heterocycles. The molecule has 1 aromatic carbocycles. The maximum absolute atomic E-state index is 12.1. The summed E-state index contributed by atoms with van der Waals surface area (Å²) >= 11 is 0. The predicted molar refractivity (Wildman–Crippen MR) is 81.0 cm³/mol. The number of hydrogen-bond donors (Lipinski definition) is 2. The fraction of sp³-hybridized carbons (Fsp3) is 0.500. The Kier molecular flexibility index (Phi) is 3.94. The number of benzene rings is 1. The normalized spacial score (nSPS) is 22.5. The van der Waals surface area contributed by atoms with Gasteiger partial charge in [0, 0.05) is 26.3 Å². The number of amides is 1. The molecule has 2 rings (SSSR count). The van der Waals surface area contributed by atoms with E-state index >= 15 is 0 Å². The van der Waals surface area contributed by atoms with Crippen molar-refractivity contribution >= 4 is 17.6 Å². The maximum atomic E-state index is 12.1. The Balaban J connectivity index is 1.92. The van der Waals surface area contributed by atoms with Crippen molar-refractivity contribution in [1.82, 2.24) is 5.32 Å². The van der Waals surface area contributed by atoms with Gasteiger partial charge in [-0.25, -0.2) is 0 Å². The fourth-order valence-corrected chi connectivity index (χ4v) is 2.80. The standard InChI is InChI=1S/C16H22N2O3/c1-16(2)12(13(16)15(20)21)14(19)17-9-10-5-7-11(8-6-10)18(3)4/h5-8,12-13H,9H2,1-4H3,(H,17,19)(H,20,21)/t12-,13+/m1/s1. The molecule has 0 unspecified atom stereocenters. The van der Waals surface area contributed by atoms with Crippen LogP contribution in [-0.4, -0.2) is 31.1 Å². The highest BCUT2D eigenvalue weighted by molar-refractivity contribution is 5.91. The van der Waals surface area contributed by atoms with Gasteiger partial charge >= 0.3 is 5.97 Å². The van der Waals surface area contributed by atoms with Crippen LogP contribution in [0.4, 0.5) is 5.69 Å². The third-order valence-corrected chi connectivity index (χ3v) is 4.30. The topological polar surface area (TPSA) is 69.6 Å². The zero-order valence-electron chi connectivity index (χ0n) is 12.9.